The van der Waals surface area contributed by atoms with Gasteiger partial charge in [0, 0.05) is 27.4 Å². The van der Waals surface area contributed by atoms with Crippen LogP contribution < -0.4 is 5.46 Å². The Morgan fingerprint density at radius 1 is 0.659 bits per heavy atom. The van der Waals surface area contributed by atoms with Crippen molar-refractivity contribution >= 4 is 56.5 Å². The lowest BCUT2D eigenvalue weighted by Gasteiger charge is -2.32. The Balaban J connectivity index is 1.43. The van der Waals surface area contributed by atoms with E-state index in [1.165, 1.54) is 5.39 Å². The summed E-state index contributed by atoms with van der Waals surface area (Å²) >= 11 is 0. The Labute approximate surface area is 238 Å². The van der Waals surface area contributed by atoms with Crippen LogP contribution in [0.4, 0.5) is 0 Å². The largest absolute Gasteiger partial charge is 0.494 e. The molecule has 200 valence electrons. The minimum atomic E-state index is -0.421. The molecule has 41 heavy (non-hydrogen) atoms. The SMILES string of the molecule is CC1(C)OB(c2ccc(-c3nc4oc5ccccc5c4c4c5ccccc5n(-c5ccccc5)c34)cc2)OC1(C)C. The van der Waals surface area contributed by atoms with Crippen LogP contribution in [0.1, 0.15) is 27.7 Å². The summed E-state index contributed by atoms with van der Waals surface area (Å²) in [6.07, 6.45) is 0. The summed E-state index contributed by atoms with van der Waals surface area (Å²) in [7, 11) is -0.421. The summed E-state index contributed by atoms with van der Waals surface area (Å²) < 4.78 is 21.3. The molecule has 3 aromatic heterocycles. The summed E-state index contributed by atoms with van der Waals surface area (Å²) in [6.45, 7) is 8.31. The Morgan fingerprint density at radius 2 is 1.29 bits per heavy atom. The molecule has 1 saturated heterocycles. The average molecular weight is 536 g/mol. The van der Waals surface area contributed by atoms with E-state index in [4.69, 9.17) is 18.7 Å². The molecule has 0 aliphatic carbocycles. The fourth-order valence-electron chi connectivity index (χ4n) is 6.05. The van der Waals surface area contributed by atoms with E-state index in [0.29, 0.717) is 5.71 Å². The number of benzene rings is 4. The van der Waals surface area contributed by atoms with E-state index in [9.17, 15) is 0 Å². The first-order valence-corrected chi connectivity index (χ1v) is 14.1. The van der Waals surface area contributed by atoms with Gasteiger partial charge in [0.25, 0.3) is 0 Å². The minimum absolute atomic E-state index is 0.396. The van der Waals surface area contributed by atoms with Gasteiger partial charge in [0.15, 0.2) is 0 Å². The molecule has 4 aromatic carbocycles. The van der Waals surface area contributed by atoms with E-state index < -0.39 is 18.3 Å². The molecule has 5 nitrogen and oxygen atoms in total. The van der Waals surface area contributed by atoms with Crippen molar-refractivity contribution < 1.29 is 13.7 Å². The fraction of sp³-hybridized carbons (Fsp3) is 0.171. The maximum Gasteiger partial charge on any atom is 0.494 e. The number of rotatable bonds is 3. The molecule has 0 bridgehead atoms. The molecule has 1 fully saturated rings. The summed E-state index contributed by atoms with van der Waals surface area (Å²) in [5.74, 6) is 0. The predicted octanol–water partition coefficient (Wildman–Crippen LogP) is 8.04. The number of hydrogen-bond acceptors (Lipinski definition) is 4. The van der Waals surface area contributed by atoms with Crippen molar-refractivity contribution in [1.29, 1.82) is 0 Å². The molecule has 6 heteroatoms. The highest BCUT2D eigenvalue weighted by Gasteiger charge is 2.51. The van der Waals surface area contributed by atoms with Crippen LogP contribution in [0.2, 0.25) is 0 Å². The Bertz CT molecular complexity index is 2090. The third kappa shape index (κ3) is 3.54. The lowest BCUT2D eigenvalue weighted by Crippen LogP contribution is -2.41. The highest BCUT2D eigenvalue weighted by molar-refractivity contribution is 6.62. The van der Waals surface area contributed by atoms with Crippen LogP contribution in [0.5, 0.6) is 0 Å². The molecule has 1 aliphatic heterocycles. The highest BCUT2D eigenvalue weighted by Crippen LogP contribution is 2.44. The van der Waals surface area contributed by atoms with Gasteiger partial charge in [-0.05, 0) is 57.4 Å². The second kappa shape index (κ2) is 8.56. The monoisotopic (exact) mass is 536 g/mol. The number of para-hydroxylation sites is 3. The second-order valence-corrected chi connectivity index (χ2v) is 11.9. The third-order valence-electron chi connectivity index (χ3n) is 8.86. The van der Waals surface area contributed by atoms with Crippen LogP contribution in [-0.4, -0.2) is 27.9 Å². The number of hydrogen-bond donors (Lipinski definition) is 0. The molecule has 4 heterocycles. The zero-order valence-electron chi connectivity index (χ0n) is 23.5. The van der Waals surface area contributed by atoms with E-state index in [1.807, 2.05) is 18.2 Å². The molecule has 0 amide bonds. The van der Waals surface area contributed by atoms with Gasteiger partial charge in [-0.3, -0.25) is 0 Å². The number of fused-ring (bicyclic) bond motifs is 7. The second-order valence-electron chi connectivity index (χ2n) is 11.9. The van der Waals surface area contributed by atoms with Crippen molar-refractivity contribution in [2.45, 2.75) is 38.9 Å². The Kier molecular flexibility index (Phi) is 5.10. The van der Waals surface area contributed by atoms with Crippen LogP contribution in [0.25, 0.3) is 60.8 Å². The van der Waals surface area contributed by atoms with Gasteiger partial charge in [-0.2, -0.15) is 0 Å². The topological polar surface area (TPSA) is 49.4 Å². The molecular weight excluding hydrogens is 507 g/mol. The molecule has 7 aromatic rings. The van der Waals surface area contributed by atoms with E-state index >= 15 is 0 Å². The average Bonchev–Trinajstić information content (AvgIpc) is 3.59. The number of pyridine rings is 1. The van der Waals surface area contributed by atoms with Gasteiger partial charge in [-0.15, -0.1) is 0 Å². The van der Waals surface area contributed by atoms with Crippen LogP contribution in [-0.2, 0) is 9.31 Å². The van der Waals surface area contributed by atoms with Crippen molar-refractivity contribution in [3.63, 3.8) is 0 Å². The molecule has 0 N–H and O–H groups in total. The summed E-state index contributed by atoms with van der Waals surface area (Å²) in [5.41, 5.74) is 6.80. The normalized spacial score (nSPS) is 16.4. The van der Waals surface area contributed by atoms with E-state index in [0.717, 1.165) is 55.2 Å². The summed E-state index contributed by atoms with van der Waals surface area (Å²) in [5, 5.41) is 4.42. The van der Waals surface area contributed by atoms with Crippen LogP contribution in [0.15, 0.2) is 108 Å². The van der Waals surface area contributed by atoms with Gasteiger partial charge in [-0.25, -0.2) is 4.98 Å². The van der Waals surface area contributed by atoms with Gasteiger partial charge in [0.2, 0.25) is 5.71 Å². The zero-order valence-corrected chi connectivity index (χ0v) is 23.5. The van der Waals surface area contributed by atoms with Crippen molar-refractivity contribution in [2.75, 3.05) is 0 Å². The highest BCUT2D eigenvalue weighted by atomic mass is 16.7. The van der Waals surface area contributed by atoms with Crippen LogP contribution in [0.3, 0.4) is 0 Å². The first-order chi connectivity index (χ1) is 19.8. The van der Waals surface area contributed by atoms with Gasteiger partial charge in [0.1, 0.15) is 5.58 Å². The molecule has 0 saturated carbocycles. The zero-order chi connectivity index (χ0) is 27.9. The lowest BCUT2D eigenvalue weighted by atomic mass is 9.78. The molecule has 8 rings (SSSR count). The van der Waals surface area contributed by atoms with E-state index in [2.05, 4.69) is 117 Å². The molecule has 0 radical (unpaired) electrons. The van der Waals surface area contributed by atoms with Crippen LogP contribution >= 0.6 is 0 Å². The lowest BCUT2D eigenvalue weighted by molar-refractivity contribution is 0.00578. The maximum absolute atomic E-state index is 6.38. The van der Waals surface area contributed by atoms with Gasteiger partial charge >= 0.3 is 7.12 Å². The number of furan rings is 1. The summed E-state index contributed by atoms with van der Waals surface area (Å²) in [6, 6.07) is 35.7. The number of nitrogens with zero attached hydrogens (tertiary/aromatic N) is 2. The summed E-state index contributed by atoms with van der Waals surface area (Å²) in [4.78, 5) is 5.22. The van der Waals surface area contributed by atoms with Gasteiger partial charge in [-0.1, -0.05) is 78.9 Å². The van der Waals surface area contributed by atoms with Gasteiger partial charge < -0.3 is 18.3 Å². The van der Waals surface area contributed by atoms with Crippen molar-refractivity contribution in [3.8, 4) is 16.9 Å². The van der Waals surface area contributed by atoms with Crippen molar-refractivity contribution in [3.05, 3.63) is 103 Å². The predicted molar refractivity (Wildman–Crippen MR) is 167 cm³/mol. The Hall–Kier alpha value is -4.39. The molecule has 1 aliphatic rings. The fourth-order valence-corrected chi connectivity index (χ4v) is 6.05. The van der Waals surface area contributed by atoms with E-state index in [1.54, 1.807) is 0 Å². The maximum atomic E-state index is 6.38. The van der Waals surface area contributed by atoms with Crippen molar-refractivity contribution in [1.82, 2.24) is 9.55 Å². The molecule has 0 spiro atoms. The first kappa shape index (κ1) is 24.4. The molecular formula is C35H29BN2O3. The Morgan fingerprint density at radius 3 is 2.02 bits per heavy atom. The quantitative estimate of drug-likeness (QED) is 0.215. The smallest absolute Gasteiger partial charge is 0.438 e. The van der Waals surface area contributed by atoms with Crippen LogP contribution in [0, 0.1) is 0 Å². The third-order valence-corrected chi connectivity index (χ3v) is 8.86. The first-order valence-electron chi connectivity index (χ1n) is 14.1. The van der Waals surface area contributed by atoms with Gasteiger partial charge in [0.05, 0.1) is 33.3 Å². The number of aromatic nitrogens is 2. The molecule has 0 unspecified atom stereocenters. The standard InChI is InChI=1S/C35H29BN2O3/c1-34(2)35(3,4)41-36(40-34)23-20-18-22(19-21-23)31-32-29(30-26-15-9-11-17-28(26)39-33(30)37-31)25-14-8-10-16-27(25)38(32)24-12-6-5-7-13-24/h5-21H,1-4H3. The van der Waals surface area contributed by atoms with E-state index in [-0.39, 0.29) is 0 Å². The molecule has 0 atom stereocenters. The minimum Gasteiger partial charge on any atom is -0.438 e. The van der Waals surface area contributed by atoms with Crippen molar-refractivity contribution in [2.24, 2.45) is 0 Å².